The summed E-state index contributed by atoms with van der Waals surface area (Å²) in [5.41, 5.74) is 1.99. The fourth-order valence-electron chi connectivity index (χ4n) is 3.96. The molecule has 0 unspecified atom stereocenters. The first-order chi connectivity index (χ1) is 17.0. The molecular formula is C24H24F3N5O4. The summed E-state index contributed by atoms with van der Waals surface area (Å²) in [7, 11) is 1.58. The van der Waals surface area contributed by atoms with Gasteiger partial charge in [-0.15, -0.1) is 18.2 Å². The molecule has 12 heteroatoms. The topological polar surface area (TPSA) is 111 Å². The van der Waals surface area contributed by atoms with Crippen molar-refractivity contribution in [2.24, 2.45) is 18.0 Å². The number of rotatable bonds is 7. The maximum atomic E-state index is 13.2. The Morgan fingerprint density at radius 3 is 2.64 bits per heavy atom. The van der Waals surface area contributed by atoms with Crippen LogP contribution in [0.3, 0.4) is 0 Å². The normalized spacial score (nSPS) is 15.0. The van der Waals surface area contributed by atoms with E-state index in [0.717, 1.165) is 30.5 Å². The molecule has 0 radical (unpaired) electrons. The van der Waals surface area contributed by atoms with Gasteiger partial charge < -0.3 is 24.3 Å². The maximum Gasteiger partial charge on any atom is 0.573 e. The molecule has 1 aliphatic rings. The van der Waals surface area contributed by atoms with Crippen LogP contribution < -0.4 is 15.7 Å². The Morgan fingerprint density at radius 1 is 1.25 bits per heavy atom. The van der Waals surface area contributed by atoms with Crippen molar-refractivity contribution in [3.05, 3.63) is 76.9 Å². The van der Waals surface area contributed by atoms with Crippen molar-refractivity contribution in [2.75, 3.05) is 0 Å². The predicted molar refractivity (Wildman–Crippen MR) is 121 cm³/mol. The molecule has 1 saturated carbocycles. The number of hydrogen-bond acceptors (Lipinski definition) is 4. The van der Waals surface area contributed by atoms with Gasteiger partial charge >= 0.3 is 12.5 Å². The summed E-state index contributed by atoms with van der Waals surface area (Å²) in [4.78, 5) is 32.2. The van der Waals surface area contributed by atoms with Crippen molar-refractivity contribution in [1.82, 2.24) is 19.4 Å². The van der Waals surface area contributed by atoms with E-state index in [0.29, 0.717) is 5.69 Å². The van der Waals surface area contributed by atoms with E-state index in [1.54, 1.807) is 19.4 Å². The van der Waals surface area contributed by atoms with Gasteiger partial charge in [-0.05, 0) is 67.1 Å². The quantitative estimate of drug-likeness (QED) is 0.508. The summed E-state index contributed by atoms with van der Waals surface area (Å²) in [6.45, 7) is 1.86. The third-order valence-corrected chi connectivity index (χ3v) is 5.69. The summed E-state index contributed by atoms with van der Waals surface area (Å²) in [6, 6.07) is 6.95. The van der Waals surface area contributed by atoms with Gasteiger partial charge in [0, 0.05) is 31.2 Å². The minimum Gasteiger partial charge on any atom is -0.463 e. The third-order valence-electron chi connectivity index (χ3n) is 5.69. The van der Waals surface area contributed by atoms with Gasteiger partial charge in [0.2, 0.25) is 5.62 Å². The highest BCUT2D eigenvalue weighted by molar-refractivity contribution is 5.95. The van der Waals surface area contributed by atoms with E-state index in [4.69, 9.17) is 5.11 Å². The van der Waals surface area contributed by atoms with Crippen LogP contribution in [0.15, 0.2) is 53.9 Å². The maximum absolute atomic E-state index is 13.2. The van der Waals surface area contributed by atoms with Crippen LogP contribution in [-0.2, 0) is 13.6 Å². The Bertz CT molecular complexity index is 1360. The number of amides is 2. The lowest BCUT2D eigenvalue weighted by atomic mass is 10.0. The lowest BCUT2D eigenvalue weighted by Gasteiger charge is -2.19. The van der Waals surface area contributed by atoms with Crippen LogP contribution in [0.2, 0.25) is 0 Å². The predicted octanol–water partition coefficient (Wildman–Crippen LogP) is 3.94. The number of nitrogens with zero attached hydrogens (tertiary/aromatic N) is 4. The number of nitrogens with one attached hydrogen (secondary N) is 1. The van der Waals surface area contributed by atoms with Gasteiger partial charge in [-0.25, -0.2) is 4.79 Å². The third kappa shape index (κ3) is 6.32. The molecule has 2 heterocycles. The number of hydrogen-bond donors (Lipinski definition) is 2. The van der Waals surface area contributed by atoms with Crippen molar-refractivity contribution in [1.29, 1.82) is 0 Å². The van der Waals surface area contributed by atoms with Gasteiger partial charge in [0.05, 0.1) is 18.3 Å². The number of aromatic nitrogens is 3. The van der Waals surface area contributed by atoms with E-state index in [9.17, 15) is 22.8 Å². The number of carbonyl (C=O) groups excluding carboxylic acids is 1. The minimum absolute atomic E-state index is 0.0293. The average molecular weight is 503 g/mol. The number of aryl methyl sites for hydroxylation is 2. The lowest BCUT2D eigenvalue weighted by Crippen LogP contribution is -2.31. The molecule has 4 rings (SSSR count). The molecule has 1 aromatic carbocycles. The zero-order chi connectivity index (χ0) is 26.0. The van der Waals surface area contributed by atoms with Crippen molar-refractivity contribution in [2.45, 2.75) is 38.7 Å². The molecule has 3 aromatic rings. The smallest absolute Gasteiger partial charge is 0.463 e. The van der Waals surface area contributed by atoms with E-state index >= 15 is 0 Å². The van der Waals surface area contributed by atoms with Crippen LogP contribution in [0, 0.1) is 12.8 Å². The zero-order valence-electron chi connectivity index (χ0n) is 19.5. The Kier molecular flexibility index (Phi) is 6.86. The molecule has 36 heavy (non-hydrogen) atoms. The zero-order valence-corrected chi connectivity index (χ0v) is 19.5. The highest BCUT2D eigenvalue weighted by atomic mass is 19.4. The van der Waals surface area contributed by atoms with Crippen molar-refractivity contribution < 1.29 is 32.6 Å². The number of carbonyl (C=O) groups is 2. The number of halogens is 3. The van der Waals surface area contributed by atoms with Gasteiger partial charge in [0.25, 0.3) is 5.91 Å². The van der Waals surface area contributed by atoms with E-state index < -0.39 is 24.1 Å². The fraction of sp³-hybridized carbons (Fsp3) is 0.333. The largest absolute Gasteiger partial charge is 0.573 e. The molecule has 1 atom stereocenters. The summed E-state index contributed by atoms with van der Waals surface area (Å²) in [5.74, 6) is -0.940. The molecule has 190 valence electrons. The standard InChI is InChI=1S/C24H24F3N5O4/c1-14-5-6-28-19(9-14)20(16-3-4-16)29-21(33)17-10-15(11-18(12-17)36-24(25,26)27)13-32-8-7-31(2)22(32)30-23(34)35/h5-12,16,20H,3-4,13H2,1-2H3,(H,29,33)(H,34,35)/b30-22+/t20-/m0/s1. The van der Waals surface area contributed by atoms with Crippen molar-refractivity contribution in [3.63, 3.8) is 0 Å². The van der Waals surface area contributed by atoms with Crippen LogP contribution in [0.25, 0.3) is 0 Å². The summed E-state index contributed by atoms with van der Waals surface area (Å²) >= 11 is 0. The van der Waals surface area contributed by atoms with Gasteiger partial charge in [-0.3, -0.25) is 9.78 Å². The van der Waals surface area contributed by atoms with Crippen LogP contribution in [0.5, 0.6) is 5.75 Å². The number of ether oxygens (including phenoxy) is 1. The fourth-order valence-corrected chi connectivity index (χ4v) is 3.96. The second kappa shape index (κ2) is 9.88. The number of imidazole rings is 1. The second-order valence-electron chi connectivity index (χ2n) is 8.69. The molecule has 0 saturated heterocycles. The van der Waals surface area contributed by atoms with Crippen LogP contribution in [0.1, 0.15) is 46.1 Å². The molecule has 9 nitrogen and oxygen atoms in total. The van der Waals surface area contributed by atoms with Crippen molar-refractivity contribution >= 4 is 12.0 Å². The second-order valence-corrected chi connectivity index (χ2v) is 8.69. The van der Waals surface area contributed by atoms with Gasteiger partial charge in [0.15, 0.2) is 0 Å². The first-order valence-electron chi connectivity index (χ1n) is 11.1. The van der Waals surface area contributed by atoms with Crippen LogP contribution in [-0.4, -0.2) is 37.6 Å². The average Bonchev–Trinajstić information content (AvgIpc) is 3.57. The van der Waals surface area contributed by atoms with Crippen LogP contribution in [0.4, 0.5) is 18.0 Å². The summed E-state index contributed by atoms with van der Waals surface area (Å²) in [5, 5.41) is 12.0. The molecule has 0 bridgehead atoms. The summed E-state index contributed by atoms with van der Waals surface area (Å²) in [6.07, 6.45) is 0.173. The number of alkyl halides is 3. The molecule has 2 aromatic heterocycles. The molecule has 1 fully saturated rings. The molecule has 0 spiro atoms. The van der Waals surface area contributed by atoms with Gasteiger partial charge in [-0.1, -0.05) is 0 Å². The molecule has 2 N–H and O–H groups in total. The SMILES string of the molecule is Cc1ccnc([C@@H](NC(=O)c2cc(Cn3ccn(C)/c3=N\C(=O)O)cc(OC(F)(F)F)c2)C2CC2)c1. The Labute approximate surface area is 203 Å². The van der Waals surface area contributed by atoms with E-state index in [-0.39, 0.29) is 35.2 Å². The van der Waals surface area contributed by atoms with E-state index in [2.05, 4.69) is 20.0 Å². The van der Waals surface area contributed by atoms with Crippen molar-refractivity contribution in [3.8, 4) is 5.75 Å². The van der Waals surface area contributed by atoms with Crippen LogP contribution >= 0.6 is 0 Å². The highest BCUT2D eigenvalue weighted by Gasteiger charge is 2.35. The van der Waals surface area contributed by atoms with E-state index in [1.807, 2.05) is 19.1 Å². The Balaban J connectivity index is 1.67. The lowest BCUT2D eigenvalue weighted by molar-refractivity contribution is -0.274. The molecule has 0 aliphatic heterocycles. The van der Waals surface area contributed by atoms with E-state index in [1.165, 1.54) is 21.4 Å². The molecule has 1 aliphatic carbocycles. The summed E-state index contributed by atoms with van der Waals surface area (Å²) < 4.78 is 46.0. The Morgan fingerprint density at radius 2 is 2.00 bits per heavy atom. The first kappa shape index (κ1) is 25.0. The van der Waals surface area contributed by atoms with Gasteiger partial charge in [0.1, 0.15) is 5.75 Å². The number of pyridine rings is 1. The Hall–Kier alpha value is -4.09. The molecule has 2 amide bonds. The first-order valence-corrected chi connectivity index (χ1v) is 11.1. The van der Waals surface area contributed by atoms with Gasteiger partial charge in [-0.2, -0.15) is 0 Å². The monoisotopic (exact) mass is 503 g/mol. The molecular weight excluding hydrogens is 479 g/mol. The number of benzene rings is 1. The minimum atomic E-state index is -4.96. The number of carboxylic acid groups (broad SMARTS) is 1. The highest BCUT2D eigenvalue weighted by Crippen LogP contribution is 2.40.